The lowest BCUT2D eigenvalue weighted by atomic mass is 10.0. The van der Waals surface area contributed by atoms with Crippen LogP contribution in [0.1, 0.15) is 21.6 Å². The molecule has 0 bridgehead atoms. The van der Waals surface area contributed by atoms with E-state index in [4.69, 9.17) is 10.5 Å². The maximum atomic E-state index is 11.5. The monoisotopic (exact) mass is 262 g/mol. The Morgan fingerprint density at radius 3 is 2.61 bits per heavy atom. The molecule has 0 aliphatic heterocycles. The van der Waals surface area contributed by atoms with Crippen molar-refractivity contribution in [2.45, 2.75) is 13.8 Å². The Morgan fingerprint density at radius 2 is 2.06 bits per heavy atom. The minimum atomic E-state index is -0.414. The number of nitrogens with zero attached hydrogens (tertiary/aromatic N) is 1. The van der Waals surface area contributed by atoms with Gasteiger partial charge in [0.2, 0.25) is 0 Å². The second-order valence-corrected chi connectivity index (χ2v) is 4.88. The van der Waals surface area contributed by atoms with Gasteiger partial charge in [0, 0.05) is 5.69 Å². The van der Waals surface area contributed by atoms with Crippen molar-refractivity contribution in [3.8, 4) is 10.4 Å². The Morgan fingerprint density at radius 1 is 1.33 bits per heavy atom. The first-order valence-electron chi connectivity index (χ1n) is 5.45. The summed E-state index contributed by atoms with van der Waals surface area (Å²) in [4.78, 5) is 12.6. The van der Waals surface area contributed by atoms with E-state index < -0.39 is 5.97 Å². The summed E-state index contributed by atoms with van der Waals surface area (Å²) in [5.41, 5.74) is 9.68. The molecule has 0 fully saturated rings. The van der Waals surface area contributed by atoms with Gasteiger partial charge >= 0.3 is 5.97 Å². The number of nitrogen functional groups attached to an aromatic ring is 1. The van der Waals surface area contributed by atoms with E-state index in [2.05, 4.69) is 4.37 Å². The van der Waals surface area contributed by atoms with Gasteiger partial charge in [0.1, 0.15) is 0 Å². The van der Waals surface area contributed by atoms with Crippen molar-refractivity contribution in [3.05, 3.63) is 35.0 Å². The van der Waals surface area contributed by atoms with Gasteiger partial charge in [-0.1, -0.05) is 0 Å². The fourth-order valence-corrected chi connectivity index (χ4v) is 2.60. The van der Waals surface area contributed by atoms with Crippen LogP contribution in [0.2, 0.25) is 0 Å². The van der Waals surface area contributed by atoms with E-state index in [1.807, 2.05) is 19.9 Å². The third-order valence-electron chi connectivity index (χ3n) is 2.70. The first kappa shape index (κ1) is 12.6. The van der Waals surface area contributed by atoms with E-state index in [-0.39, 0.29) is 0 Å². The van der Waals surface area contributed by atoms with Crippen LogP contribution < -0.4 is 5.73 Å². The maximum absolute atomic E-state index is 11.5. The first-order valence-corrected chi connectivity index (χ1v) is 6.22. The van der Waals surface area contributed by atoms with Crippen LogP contribution in [0.15, 0.2) is 18.2 Å². The molecule has 0 aliphatic carbocycles. The van der Waals surface area contributed by atoms with Gasteiger partial charge in [-0.25, -0.2) is 4.79 Å². The number of aryl methyl sites for hydroxylation is 2. The van der Waals surface area contributed by atoms with Crippen molar-refractivity contribution in [2.75, 3.05) is 12.8 Å². The Labute approximate surface area is 110 Å². The average molecular weight is 262 g/mol. The van der Waals surface area contributed by atoms with Gasteiger partial charge < -0.3 is 10.5 Å². The number of rotatable bonds is 2. The normalized spacial score (nSPS) is 10.4. The standard InChI is InChI=1S/C13H14N2O2S/c1-7-4-10(13(16)17-3)11(14)6-9(7)12-5-8(2)15-18-12/h4-6H,14H2,1-3H3. The van der Waals surface area contributed by atoms with E-state index in [1.54, 1.807) is 12.1 Å². The molecule has 2 rings (SSSR count). The lowest BCUT2D eigenvalue weighted by Crippen LogP contribution is -2.06. The number of hydrogen-bond acceptors (Lipinski definition) is 5. The third kappa shape index (κ3) is 2.22. The van der Waals surface area contributed by atoms with E-state index in [0.29, 0.717) is 11.3 Å². The molecule has 18 heavy (non-hydrogen) atoms. The van der Waals surface area contributed by atoms with E-state index in [9.17, 15) is 4.79 Å². The number of carbonyl (C=O) groups is 1. The molecule has 1 aromatic carbocycles. The summed E-state index contributed by atoms with van der Waals surface area (Å²) in [5, 5.41) is 0. The number of ether oxygens (including phenoxy) is 1. The zero-order chi connectivity index (χ0) is 13.3. The van der Waals surface area contributed by atoms with Crippen molar-refractivity contribution in [3.63, 3.8) is 0 Å². The van der Waals surface area contributed by atoms with Gasteiger partial charge in [0.25, 0.3) is 0 Å². The second kappa shape index (κ2) is 4.78. The van der Waals surface area contributed by atoms with Crippen LogP contribution >= 0.6 is 11.5 Å². The lowest BCUT2D eigenvalue weighted by Gasteiger charge is -2.09. The van der Waals surface area contributed by atoms with Crippen molar-refractivity contribution in [2.24, 2.45) is 0 Å². The molecule has 4 nitrogen and oxygen atoms in total. The minimum absolute atomic E-state index is 0.403. The summed E-state index contributed by atoms with van der Waals surface area (Å²) in [5.74, 6) is -0.414. The quantitative estimate of drug-likeness (QED) is 0.667. The van der Waals surface area contributed by atoms with Crippen LogP contribution in [0, 0.1) is 13.8 Å². The SMILES string of the molecule is COC(=O)c1cc(C)c(-c2cc(C)ns2)cc1N. The predicted octanol–water partition coefficient (Wildman–Crippen LogP) is 2.80. The molecule has 2 aromatic rings. The van der Waals surface area contributed by atoms with Gasteiger partial charge in [0.15, 0.2) is 0 Å². The van der Waals surface area contributed by atoms with Gasteiger partial charge in [-0.3, -0.25) is 0 Å². The Kier molecular flexibility index (Phi) is 3.34. The van der Waals surface area contributed by atoms with Crippen LogP contribution in [0.3, 0.4) is 0 Å². The molecule has 2 N–H and O–H groups in total. The van der Waals surface area contributed by atoms with Gasteiger partial charge in [0.05, 0.1) is 23.2 Å². The molecular weight excluding hydrogens is 248 g/mol. The highest BCUT2D eigenvalue weighted by atomic mass is 32.1. The molecule has 94 valence electrons. The van der Waals surface area contributed by atoms with Crippen LogP contribution in [0.25, 0.3) is 10.4 Å². The molecule has 0 saturated heterocycles. The maximum Gasteiger partial charge on any atom is 0.339 e. The number of anilines is 1. The highest BCUT2D eigenvalue weighted by Gasteiger charge is 2.14. The van der Waals surface area contributed by atoms with Crippen molar-refractivity contribution in [1.82, 2.24) is 4.37 Å². The highest BCUT2D eigenvalue weighted by Crippen LogP contribution is 2.31. The molecule has 1 heterocycles. The van der Waals surface area contributed by atoms with E-state index in [0.717, 1.165) is 21.7 Å². The third-order valence-corrected chi connectivity index (χ3v) is 3.61. The van der Waals surface area contributed by atoms with Gasteiger partial charge in [-0.2, -0.15) is 4.37 Å². The lowest BCUT2D eigenvalue weighted by molar-refractivity contribution is 0.0602. The van der Waals surface area contributed by atoms with Crippen molar-refractivity contribution < 1.29 is 9.53 Å². The number of hydrogen-bond donors (Lipinski definition) is 1. The Balaban J connectivity index is 2.52. The molecular formula is C13H14N2O2S. The number of carbonyl (C=O) groups excluding carboxylic acids is 1. The Hall–Kier alpha value is -1.88. The van der Waals surface area contributed by atoms with E-state index in [1.165, 1.54) is 18.6 Å². The molecule has 0 saturated carbocycles. The topological polar surface area (TPSA) is 65.2 Å². The molecule has 0 amide bonds. The number of methoxy groups -OCH3 is 1. The van der Waals surface area contributed by atoms with Crippen LogP contribution in [-0.4, -0.2) is 17.5 Å². The molecule has 0 aliphatic rings. The zero-order valence-electron chi connectivity index (χ0n) is 10.5. The van der Waals surface area contributed by atoms with Gasteiger partial charge in [-0.15, -0.1) is 0 Å². The predicted molar refractivity (Wildman–Crippen MR) is 72.8 cm³/mol. The number of benzene rings is 1. The molecule has 0 atom stereocenters. The summed E-state index contributed by atoms with van der Waals surface area (Å²) >= 11 is 1.42. The second-order valence-electron chi connectivity index (χ2n) is 4.08. The van der Waals surface area contributed by atoms with Crippen LogP contribution in [0.4, 0.5) is 5.69 Å². The number of esters is 1. The fourth-order valence-electron chi connectivity index (χ4n) is 1.77. The van der Waals surface area contributed by atoms with Crippen molar-refractivity contribution >= 4 is 23.2 Å². The average Bonchev–Trinajstić information content (AvgIpc) is 2.77. The smallest absolute Gasteiger partial charge is 0.339 e. The number of nitrogens with two attached hydrogens (primary N) is 1. The molecule has 0 spiro atoms. The Bertz CT molecular complexity index is 605. The first-order chi connectivity index (χ1) is 8.52. The largest absolute Gasteiger partial charge is 0.465 e. The van der Waals surface area contributed by atoms with Crippen LogP contribution in [0.5, 0.6) is 0 Å². The number of aromatic nitrogens is 1. The zero-order valence-corrected chi connectivity index (χ0v) is 11.3. The summed E-state index contributed by atoms with van der Waals surface area (Å²) in [6, 6.07) is 5.56. The summed E-state index contributed by atoms with van der Waals surface area (Å²) in [6.07, 6.45) is 0. The molecule has 5 heteroatoms. The summed E-state index contributed by atoms with van der Waals surface area (Å²) < 4.78 is 8.94. The summed E-state index contributed by atoms with van der Waals surface area (Å²) in [6.45, 7) is 3.89. The van der Waals surface area contributed by atoms with Gasteiger partial charge in [-0.05, 0) is 54.7 Å². The molecule has 0 unspecified atom stereocenters. The molecule has 0 radical (unpaired) electrons. The molecule has 1 aromatic heterocycles. The van der Waals surface area contributed by atoms with Crippen LogP contribution in [-0.2, 0) is 4.74 Å². The van der Waals surface area contributed by atoms with Crippen molar-refractivity contribution in [1.29, 1.82) is 0 Å². The minimum Gasteiger partial charge on any atom is -0.465 e. The summed E-state index contributed by atoms with van der Waals surface area (Å²) in [7, 11) is 1.34. The van der Waals surface area contributed by atoms with E-state index >= 15 is 0 Å². The highest BCUT2D eigenvalue weighted by molar-refractivity contribution is 7.09. The fraction of sp³-hybridized carbons (Fsp3) is 0.231.